The van der Waals surface area contributed by atoms with Crippen molar-refractivity contribution in [1.82, 2.24) is 9.97 Å². The molecule has 0 bridgehead atoms. The molecular weight excluding hydrogens is 453 g/mol. The molecular formula is C23H21F3N4O4. The van der Waals surface area contributed by atoms with Gasteiger partial charge in [-0.05, 0) is 42.8 Å². The van der Waals surface area contributed by atoms with E-state index in [0.717, 1.165) is 12.1 Å². The number of methoxy groups -OCH3 is 1. The highest BCUT2D eigenvalue weighted by atomic mass is 19.4. The average molecular weight is 474 g/mol. The molecule has 8 nitrogen and oxygen atoms in total. The van der Waals surface area contributed by atoms with Gasteiger partial charge in [0.2, 0.25) is 0 Å². The number of aliphatic hydroxyl groups is 1. The van der Waals surface area contributed by atoms with Crippen molar-refractivity contribution in [3.63, 3.8) is 0 Å². The van der Waals surface area contributed by atoms with Gasteiger partial charge < -0.3 is 24.8 Å². The van der Waals surface area contributed by atoms with E-state index in [1.165, 1.54) is 25.4 Å². The number of carbonyl (C=O) groups excluding carboxylic acids is 1. The molecule has 0 aliphatic carbocycles. The summed E-state index contributed by atoms with van der Waals surface area (Å²) >= 11 is 0. The van der Waals surface area contributed by atoms with Gasteiger partial charge in [-0.2, -0.15) is 0 Å². The number of hydrogen-bond acceptors (Lipinski definition) is 7. The first-order valence-corrected chi connectivity index (χ1v) is 10.3. The summed E-state index contributed by atoms with van der Waals surface area (Å²) in [6.07, 6.45) is -0.0726. The number of benzene rings is 1. The molecule has 11 heteroatoms. The number of carbonyl (C=O) groups is 1. The number of nitrogens with zero attached hydrogens (tertiary/aromatic N) is 3. The molecule has 34 heavy (non-hydrogen) atoms. The zero-order valence-electron chi connectivity index (χ0n) is 18.0. The van der Waals surface area contributed by atoms with Crippen LogP contribution < -0.4 is 19.7 Å². The van der Waals surface area contributed by atoms with Crippen molar-refractivity contribution < 1.29 is 32.5 Å². The van der Waals surface area contributed by atoms with Crippen molar-refractivity contribution in [3.05, 3.63) is 60.6 Å². The molecule has 2 aromatic heterocycles. The zero-order valence-corrected chi connectivity index (χ0v) is 18.0. The van der Waals surface area contributed by atoms with Gasteiger partial charge in [0.05, 0.1) is 25.0 Å². The van der Waals surface area contributed by atoms with E-state index in [1.54, 1.807) is 24.5 Å². The van der Waals surface area contributed by atoms with E-state index >= 15 is 0 Å². The number of aliphatic hydroxyl groups excluding tert-OH is 1. The van der Waals surface area contributed by atoms with Gasteiger partial charge >= 0.3 is 6.36 Å². The molecule has 3 heterocycles. The molecule has 2 N–H and O–H groups in total. The molecule has 0 unspecified atom stereocenters. The Labute approximate surface area is 193 Å². The Kier molecular flexibility index (Phi) is 6.55. The average Bonchev–Trinajstić information content (AvgIpc) is 3.25. The predicted octanol–water partition coefficient (Wildman–Crippen LogP) is 3.87. The van der Waals surface area contributed by atoms with Gasteiger partial charge in [0.15, 0.2) is 0 Å². The number of pyridine rings is 2. The van der Waals surface area contributed by atoms with E-state index in [9.17, 15) is 23.1 Å². The van der Waals surface area contributed by atoms with Crippen LogP contribution in [0.15, 0.2) is 55.0 Å². The standard InChI is InChI=1S/C23H21F3N4O4/c1-33-19-8-14(10-27-12-19)20-9-15(11-28-21(20)30-7-6-17(31)13-30)22(32)29-16-2-4-18(5-3-16)34-23(24,25)26/h2-5,8-12,17,31H,6-7,13H2,1H3,(H,29,32)/t17-/m1/s1. The summed E-state index contributed by atoms with van der Waals surface area (Å²) in [6.45, 7) is 1.02. The summed E-state index contributed by atoms with van der Waals surface area (Å²) in [7, 11) is 1.52. The first-order valence-electron chi connectivity index (χ1n) is 10.3. The normalized spacial score (nSPS) is 15.8. The van der Waals surface area contributed by atoms with Crippen molar-refractivity contribution in [2.45, 2.75) is 18.9 Å². The van der Waals surface area contributed by atoms with Gasteiger partial charge in [-0.15, -0.1) is 13.2 Å². The van der Waals surface area contributed by atoms with Gasteiger partial charge in [0, 0.05) is 42.3 Å². The lowest BCUT2D eigenvalue weighted by atomic mass is 10.1. The number of nitrogens with one attached hydrogen (secondary N) is 1. The zero-order chi connectivity index (χ0) is 24.3. The fourth-order valence-electron chi connectivity index (χ4n) is 3.60. The number of halogens is 3. The first kappa shape index (κ1) is 23.3. The number of ether oxygens (including phenoxy) is 2. The third kappa shape index (κ3) is 5.54. The quantitative estimate of drug-likeness (QED) is 0.560. The maximum Gasteiger partial charge on any atom is 0.573 e. The summed E-state index contributed by atoms with van der Waals surface area (Å²) < 4.78 is 46.1. The number of anilines is 2. The van der Waals surface area contributed by atoms with Crippen molar-refractivity contribution >= 4 is 17.4 Å². The van der Waals surface area contributed by atoms with E-state index in [2.05, 4.69) is 20.0 Å². The van der Waals surface area contributed by atoms with Crippen LogP contribution in [-0.4, -0.2) is 53.6 Å². The Balaban J connectivity index is 1.61. The fourth-order valence-corrected chi connectivity index (χ4v) is 3.60. The van der Waals surface area contributed by atoms with Crippen LogP contribution >= 0.6 is 0 Å². The van der Waals surface area contributed by atoms with E-state index < -0.39 is 24.1 Å². The van der Waals surface area contributed by atoms with Gasteiger partial charge in [0.1, 0.15) is 17.3 Å². The van der Waals surface area contributed by atoms with Gasteiger partial charge in [-0.25, -0.2) is 4.98 Å². The summed E-state index contributed by atoms with van der Waals surface area (Å²) in [5, 5.41) is 12.6. The lowest BCUT2D eigenvalue weighted by Gasteiger charge is -2.21. The second kappa shape index (κ2) is 9.56. The molecule has 0 radical (unpaired) electrons. The largest absolute Gasteiger partial charge is 0.573 e. The molecule has 1 aliphatic heterocycles. The fraction of sp³-hybridized carbons (Fsp3) is 0.261. The number of β-amino-alcohol motifs (C(OH)–C–C–N with tert-alkyl or cyclic N) is 1. The monoisotopic (exact) mass is 474 g/mol. The minimum absolute atomic E-state index is 0.233. The highest BCUT2D eigenvalue weighted by Gasteiger charge is 2.31. The maximum absolute atomic E-state index is 12.9. The van der Waals surface area contributed by atoms with Crippen LogP contribution in [-0.2, 0) is 0 Å². The van der Waals surface area contributed by atoms with Crippen molar-refractivity contribution in [1.29, 1.82) is 0 Å². The van der Waals surface area contributed by atoms with E-state index in [4.69, 9.17) is 4.74 Å². The Hall–Kier alpha value is -3.86. The van der Waals surface area contributed by atoms with Gasteiger partial charge in [0.25, 0.3) is 5.91 Å². The second-order valence-electron chi connectivity index (χ2n) is 7.62. The number of aromatic nitrogens is 2. The van der Waals surface area contributed by atoms with Crippen LogP contribution in [0.5, 0.6) is 11.5 Å². The molecule has 1 fully saturated rings. The second-order valence-corrected chi connectivity index (χ2v) is 7.62. The Morgan fingerprint density at radius 3 is 2.56 bits per heavy atom. The third-order valence-corrected chi connectivity index (χ3v) is 5.20. The minimum Gasteiger partial charge on any atom is -0.495 e. The molecule has 0 saturated carbocycles. The van der Waals surface area contributed by atoms with Gasteiger partial charge in [-0.1, -0.05) is 0 Å². The highest BCUT2D eigenvalue weighted by molar-refractivity contribution is 6.05. The molecule has 0 spiro atoms. The summed E-state index contributed by atoms with van der Waals surface area (Å²) in [6, 6.07) is 8.24. The van der Waals surface area contributed by atoms with Crippen LogP contribution in [0.1, 0.15) is 16.8 Å². The molecule has 1 aromatic carbocycles. The molecule has 1 saturated heterocycles. The van der Waals surface area contributed by atoms with Crippen molar-refractivity contribution in [2.75, 3.05) is 30.4 Å². The Morgan fingerprint density at radius 1 is 1.15 bits per heavy atom. The van der Waals surface area contributed by atoms with Crippen LogP contribution in [0.4, 0.5) is 24.7 Å². The molecule has 1 atom stereocenters. The van der Waals surface area contributed by atoms with Crippen LogP contribution in [0.2, 0.25) is 0 Å². The highest BCUT2D eigenvalue weighted by Crippen LogP contribution is 2.33. The van der Waals surface area contributed by atoms with Crippen LogP contribution in [0, 0.1) is 0 Å². The van der Waals surface area contributed by atoms with Crippen LogP contribution in [0.3, 0.4) is 0 Å². The Morgan fingerprint density at radius 2 is 1.91 bits per heavy atom. The van der Waals surface area contributed by atoms with E-state index in [-0.39, 0.29) is 11.3 Å². The lowest BCUT2D eigenvalue weighted by molar-refractivity contribution is -0.274. The predicted molar refractivity (Wildman–Crippen MR) is 118 cm³/mol. The lowest BCUT2D eigenvalue weighted by Crippen LogP contribution is -2.23. The Bertz CT molecular complexity index is 1170. The SMILES string of the molecule is COc1cncc(-c2cc(C(=O)Nc3ccc(OC(F)(F)F)cc3)cnc2N2CC[C@@H](O)C2)c1. The first-order chi connectivity index (χ1) is 16.2. The number of alkyl halides is 3. The topological polar surface area (TPSA) is 96.8 Å². The molecule has 1 amide bonds. The smallest absolute Gasteiger partial charge is 0.495 e. The van der Waals surface area contributed by atoms with E-state index in [1.807, 2.05) is 4.90 Å². The molecule has 3 aromatic rings. The number of hydrogen-bond donors (Lipinski definition) is 2. The van der Waals surface area contributed by atoms with E-state index in [0.29, 0.717) is 42.2 Å². The summed E-state index contributed by atoms with van der Waals surface area (Å²) in [5.41, 5.74) is 1.82. The maximum atomic E-state index is 12.9. The number of rotatable bonds is 6. The molecule has 1 aliphatic rings. The van der Waals surface area contributed by atoms with Gasteiger partial charge in [-0.3, -0.25) is 9.78 Å². The van der Waals surface area contributed by atoms with Crippen molar-refractivity contribution in [3.8, 4) is 22.6 Å². The van der Waals surface area contributed by atoms with Crippen molar-refractivity contribution in [2.24, 2.45) is 0 Å². The molecule has 4 rings (SSSR count). The third-order valence-electron chi connectivity index (χ3n) is 5.20. The molecule has 178 valence electrons. The summed E-state index contributed by atoms with van der Waals surface area (Å²) in [5.74, 6) is 0.233. The number of amides is 1. The minimum atomic E-state index is -4.80. The summed E-state index contributed by atoms with van der Waals surface area (Å²) in [4.78, 5) is 23.5. The van der Waals surface area contributed by atoms with Crippen LogP contribution in [0.25, 0.3) is 11.1 Å².